The van der Waals surface area contributed by atoms with Crippen molar-refractivity contribution in [1.82, 2.24) is 0 Å². The molecule has 1 unspecified atom stereocenters. The Kier molecular flexibility index (Phi) is 1.25. The zero-order valence-corrected chi connectivity index (χ0v) is 5.16. The molecule has 0 aromatic rings. The summed E-state index contributed by atoms with van der Waals surface area (Å²) in [5, 5.41) is 0. The van der Waals surface area contributed by atoms with Crippen LogP contribution in [0.5, 0.6) is 0 Å². The summed E-state index contributed by atoms with van der Waals surface area (Å²) >= 11 is 0. The highest BCUT2D eigenvalue weighted by atomic mass is 19.3. The van der Waals surface area contributed by atoms with E-state index in [0.717, 1.165) is 0 Å². The van der Waals surface area contributed by atoms with Crippen LogP contribution in [0.25, 0.3) is 0 Å². The molecule has 1 fully saturated rings. The van der Waals surface area contributed by atoms with Crippen molar-refractivity contribution < 1.29 is 13.5 Å². The van der Waals surface area contributed by atoms with Crippen LogP contribution in [0.2, 0.25) is 0 Å². The predicted molar refractivity (Wildman–Crippen MR) is 28.4 cm³/mol. The van der Waals surface area contributed by atoms with Crippen LogP contribution >= 0.6 is 0 Å². The number of ether oxygens (including phenoxy) is 1. The Morgan fingerprint density at radius 1 is 1.67 bits per heavy atom. The third-order valence-electron chi connectivity index (χ3n) is 1.54. The molecule has 0 spiro atoms. The minimum atomic E-state index is -2.69. The molecular weight excluding hydrogens is 128 g/mol. The van der Waals surface area contributed by atoms with Crippen molar-refractivity contribution in [3.05, 3.63) is 0 Å². The van der Waals surface area contributed by atoms with Gasteiger partial charge in [0.05, 0.1) is 6.61 Å². The van der Waals surface area contributed by atoms with Crippen molar-refractivity contribution in [3.8, 4) is 0 Å². The van der Waals surface area contributed by atoms with Crippen LogP contribution < -0.4 is 5.73 Å². The van der Waals surface area contributed by atoms with E-state index in [1.165, 1.54) is 7.11 Å². The number of hydrogen-bond donors (Lipinski definition) is 1. The summed E-state index contributed by atoms with van der Waals surface area (Å²) in [6.07, 6.45) is -0.242. The highest BCUT2D eigenvalue weighted by Crippen LogP contribution is 2.50. The van der Waals surface area contributed by atoms with Gasteiger partial charge in [-0.25, -0.2) is 8.78 Å². The lowest BCUT2D eigenvalue weighted by atomic mass is 10.3. The highest BCUT2D eigenvalue weighted by molar-refractivity contribution is 5.15. The maximum Gasteiger partial charge on any atom is 0.270 e. The number of alkyl halides is 2. The van der Waals surface area contributed by atoms with Gasteiger partial charge < -0.3 is 10.5 Å². The number of nitrogens with two attached hydrogens (primary N) is 1. The van der Waals surface area contributed by atoms with Gasteiger partial charge in [-0.1, -0.05) is 0 Å². The summed E-state index contributed by atoms with van der Waals surface area (Å²) in [5.41, 5.74) is 3.80. The first kappa shape index (κ1) is 6.89. The molecule has 1 rings (SSSR count). The lowest BCUT2D eigenvalue weighted by molar-refractivity contribution is 0.0577. The second-order valence-electron chi connectivity index (χ2n) is 2.47. The van der Waals surface area contributed by atoms with E-state index in [0.29, 0.717) is 0 Å². The lowest BCUT2D eigenvalue weighted by Crippen LogP contribution is -2.34. The predicted octanol–water partition coefficient (Wildman–Crippen LogP) is 0.369. The van der Waals surface area contributed by atoms with Crippen molar-refractivity contribution in [2.45, 2.75) is 17.9 Å². The Hall–Kier alpha value is -0.220. The van der Waals surface area contributed by atoms with Crippen LogP contribution in [0, 0.1) is 0 Å². The minimum absolute atomic E-state index is 0.0556. The first-order valence-corrected chi connectivity index (χ1v) is 2.67. The van der Waals surface area contributed by atoms with Crippen LogP contribution in [-0.4, -0.2) is 25.2 Å². The monoisotopic (exact) mass is 137 g/mol. The van der Waals surface area contributed by atoms with Crippen molar-refractivity contribution in [2.24, 2.45) is 5.73 Å². The first-order chi connectivity index (χ1) is 4.02. The zero-order chi connectivity index (χ0) is 7.12. The Morgan fingerprint density at radius 3 is 2.22 bits per heavy atom. The van der Waals surface area contributed by atoms with Gasteiger partial charge >= 0.3 is 0 Å². The average Bonchev–Trinajstić information content (AvgIpc) is 2.07. The maximum atomic E-state index is 12.2. The van der Waals surface area contributed by atoms with Crippen molar-refractivity contribution >= 4 is 0 Å². The molecule has 0 aromatic carbocycles. The second-order valence-corrected chi connectivity index (χ2v) is 2.47. The molecule has 1 aliphatic carbocycles. The molecular formula is C5H9F2NO. The van der Waals surface area contributed by atoms with Crippen molar-refractivity contribution in [2.75, 3.05) is 13.7 Å². The van der Waals surface area contributed by atoms with Crippen LogP contribution in [0.3, 0.4) is 0 Å². The molecule has 0 heterocycles. The fraction of sp³-hybridized carbons (Fsp3) is 1.00. The lowest BCUT2D eigenvalue weighted by Gasteiger charge is -2.06. The topological polar surface area (TPSA) is 35.2 Å². The number of halogens is 2. The van der Waals surface area contributed by atoms with Gasteiger partial charge in [0, 0.05) is 13.5 Å². The summed E-state index contributed by atoms with van der Waals surface area (Å²) in [5.74, 6) is -2.69. The Balaban J connectivity index is 2.42. The largest absolute Gasteiger partial charge is 0.383 e. The van der Waals surface area contributed by atoms with E-state index >= 15 is 0 Å². The Labute approximate surface area is 52.0 Å². The van der Waals surface area contributed by atoms with Gasteiger partial charge in [-0.3, -0.25) is 0 Å². The number of methoxy groups -OCH3 is 1. The Morgan fingerprint density at radius 2 is 2.11 bits per heavy atom. The van der Waals surface area contributed by atoms with Crippen LogP contribution in [0.15, 0.2) is 0 Å². The van der Waals surface area contributed by atoms with Crippen LogP contribution in [0.4, 0.5) is 8.78 Å². The summed E-state index contributed by atoms with van der Waals surface area (Å²) in [7, 11) is 1.36. The minimum Gasteiger partial charge on any atom is -0.383 e. The summed E-state index contributed by atoms with van der Waals surface area (Å²) in [6, 6.07) is 0. The SMILES string of the molecule is COCC1(N)CC1(F)F. The van der Waals surface area contributed by atoms with Gasteiger partial charge in [-0.05, 0) is 0 Å². The average molecular weight is 137 g/mol. The molecule has 0 bridgehead atoms. The number of rotatable bonds is 2. The third-order valence-corrected chi connectivity index (χ3v) is 1.54. The second kappa shape index (κ2) is 1.64. The van der Waals surface area contributed by atoms with E-state index in [-0.39, 0.29) is 13.0 Å². The molecule has 9 heavy (non-hydrogen) atoms. The van der Waals surface area contributed by atoms with Gasteiger partial charge in [-0.15, -0.1) is 0 Å². The molecule has 4 heteroatoms. The molecule has 0 aliphatic heterocycles. The fourth-order valence-electron chi connectivity index (χ4n) is 0.766. The van der Waals surface area contributed by atoms with E-state index < -0.39 is 11.5 Å². The summed E-state index contributed by atoms with van der Waals surface area (Å²) in [4.78, 5) is 0. The van der Waals surface area contributed by atoms with E-state index in [4.69, 9.17) is 5.73 Å². The molecule has 2 N–H and O–H groups in total. The van der Waals surface area contributed by atoms with Gasteiger partial charge in [0.15, 0.2) is 0 Å². The zero-order valence-electron chi connectivity index (χ0n) is 5.16. The molecule has 0 radical (unpaired) electrons. The maximum absolute atomic E-state index is 12.2. The first-order valence-electron chi connectivity index (χ1n) is 2.67. The molecule has 0 aromatic heterocycles. The third kappa shape index (κ3) is 0.923. The van der Waals surface area contributed by atoms with E-state index in [1.807, 2.05) is 0 Å². The molecule has 0 amide bonds. The molecule has 1 atom stereocenters. The molecule has 1 aliphatic rings. The van der Waals surface area contributed by atoms with Gasteiger partial charge in [0.25, 0.3) is 5.92 Å². The van der Waals surface area contributed by atoms with Crippen LogP contribution in [0.1, 0.15) is 6.42 Å². The molecule has 0 saturated heterocycles. The van der Waals surface area contributed by atoms with Gasteiger partial charge in [0.2, 0.25) is 0 Å². The highest BCUT2D eigenvalue weighted by Gasteiger charge is 2.69. The fourth-order valence-corrected chi connectivity index (χ4v) is 0.766. The Bertz CT molecular complexity index is 128. The van der Waals surface area contributed by atoms with Gasteiger partial charge in [-0.2, -0.15) is 0 Å². The van der Waals surface area contributed by atoms with E-state index in [9.17, 15) is 8.78 Å². The molecule has 1 saturated carbocycles. The van der Waals surface area contributed by atoms with Gasteiger partial charge in [0.1, 0.15) is 5.54 Å². The normalized spacial score (nSPS) is 38.7. The summed E-state index contributed by atoms with van der Waals surface area (Å²) in [6.45, 7) is -0.0556. The van der Waals surface area contributed by atoms with Crippen molar-refractivity contribution in [1.29, 1.82) is 0 Å². The van der Waals surface area contributed by atoms with Crippen molar-refractivity contribution in [3.63, 3.8) is 0 Å². The van der Waals surface area contributed by atoms with Crippen LogP contribution in [-0.2, 0) is 4.74 Å². The summed E-state index contributed by atoms with van der Waals surface area (Å²) < 4.78 is 28.8. The standard InChI is InChI=1S/C5H9F2NO/c1-9-3-4(8)2-5(4,6)7/h2-3,8H2,1H3. The van der Waals surface area contributed by atoms with E-state index in [1.54, 1.807) is 0 Å². The molecule has 2 nitrogen and oxygen atoms in total. The molecule has 54 valence electrons. The van der Waals surface area contributed by atoms with E-state index in [2.05, 4.69) is 4.74 Å². The quantitative estimate of drug-likeness (QED) is 0.596. The number of hydrogen-bond acceptors (Lipinski definition) is 2. The smallest absolute Gasteiger partial charge is 0.270 e.